The molecule has 0 amide bonds. The fourth-order valence-electron chi connectivity index (χ4n) is 3.30. The van der Waals surface area contributed by atoms with E-state index in [2.05, 4.69) is 0 Å². The largest absolute Gasteiger partial charge is 0.508 e. The molecule has 2 aromatic carbocycles. The van der Waals surface area contributed by atoms with Gasteiger partial charge in [0.1, 0.15) is 41.7 Å². The van der Waals surface area contributed by atoms with Gasteiger partial charge in [-0.25, -0.2) is 0 Å². The number of methoxy groups -OCH3 is 1. The second-order valence-corrected chi connectivity index (χ2v) is 7.27. The summed E-state index contributed by atoms with van der Waals surface area (Å²) < 4.78 is 16.2. The van der Waals surface area contributed by atoms with Crippen LogP contribution >= 0.6 is 0 Å². The molecular weight excluding hydrogens is 408 g/mol. The molecule has 31 heavy (non-hydrogen) atoms. The van der Waals surface area contributed by atoms with Crippen molar-refractivity contribution in [3.05, 3.63) is 53.6 Å². The number of aromatic hydroxyl groups is 1. The zero-order valence-corrected chi connectivity index (χ0v) is 16.9. The smallest absolute Gasteiger partial charge is 0.229 e. The Balaban J connectivity index is 1.79. The van der Waals surface area contributed by atoms with Gasteiger partial charge in [0.2, 0.25) is 6.29 Å². The van der Waals surface area contributed by atoms with E-state index in [1.54, 1.807) is 30.3 Å². The van der Waals surface area contributed by atoms with Crippen molar-refractivity contribution in [1.29, 1.82) is 0 Å². The molecule has 2 aromatic rings. The summed E-state index contributed by atoms with van der Waals surface area (Å²) in [5.41, 5.74) is 1.09. The Bertz CT molecular complexity index is 881. The Hall–Kier alpha value is -2.69. The third-order valence-electron chi connectivity index (χ3n) is 5.16. The van der Waals surface area contributed by atoms with E-state index in [4.69, 9.17) is 14.2 Å². The Morgan fingerprint density at radius 1 is 1.03 bits per heavy atom. The zero-order chi connectivity index (χ0) is 22.5. The summed E-state index contributed by atoms with van der Waals surface area (Å²) in [7, 11) is 1.44. The van der Waals surface area contributed by atoms with Crippen LogP contribution in [0.15, 0.2) is 42.5 Å². The van der Waals surface area contributed by atoms with Crippen LogP contribution in [0.25, 0.3) is 0 Å². The van der Waals surface area contributed by atoms with Crippen LogP contribution in [-0.2, 0) is 11.2 Å². The second-order valence-electron chi connectivity index (χ2n) is 7.27. The molecule has 9 nitrogen and oxygen atoms in total. The van der Waals surface area contributed by atoms with Gasteiger partial charge in [0.05, 0.1) is 19.3 Å². The quantitative estimate of drug-likeness (QED) is 0.373. The fraction of sp³-hybridized carbons (Fsp3) is 0.409. The fourth-order valence-corrected chi connectivity index (χ4v) is 3.30. The first-order valence-electron chi connectivity index (χ1n) is 9.80. The van der Waals surface area contributed by atoms with Crippen molar-refractivity contribution in [2.24, 2.45) is 0 Å². The molecule has 0 spiro atoms. The predicted octanol–water partition coefficient (Wildman–Crippen LogP) is 0.395. The lowest BCUT2D eigenvalue weighted by atomic mass is 9.99. The first-order chi connectivity index (χ1) is 14.8. The van der Waals surface area contributed by atoms with Crippen molar-refractivity contribution in [1.82, 2.24) is 0 Å². The second kappa shape index (κ2) is 10.1. The standard InChI is InChI=1S/C22H26O9/c1-29-14-7-8-15(16(25)9-4-12-2-5-13(24)6-3-12)17(10-14)30-22-21(28)20(27)19(26)18(11-23)31-22/h2-3,5-8,10,18-24,26-28H,4,9,11H2,1H3/t18-,19-,20+,21-,22-/m1/s1. The molecule has 1 aliphatic heterocycles. The summed E-state index contributed by atoms with van der Waals surface area (Å²) in [4.78, 5) is 12.9. The number of rotatable bonds is 8. The molecule has 0 unspecified atom stereocenters. The summed E-state index contributed by atoms with van der Waals surface area (Å²) in [5, 5.41) is 48.8. The van der Waals surface area contributed by atoms with Gasteiger partial charge in [-0.3, -0.25) is 4.79 Å². The first-order valence-corrected chi connectivity index (χ1v) is 9.80. The molecule has 0 radical (unpaired) electrons. The van der Waals surface area contributed by atoms with Crippen molar-refractivity contribution in [2.45, 2.75) is 43.5 Å². The van der Waals surface area contributed by atoms with E-state index >= 15 is 0 Å². The minimum atomic E-state index is -1.61. The SMILES string of the molecule is COc1ccc(C(=O)CCc2ccc(O)cc2)c(O[C@@H]2O[C@H](CO)[C@@H](O)[C@H](O)[C@H]2O)c1. The van der Waals surface area contributed by atoms with Crippen molar-refractivity contribution in [2.75, 3.05) is 13.7 Å². The predicted molar refractivity (Wildman–Crippen MR) is 108 cm³/mol. The van der Waals surface area contributed by atoms with Gasteiger partial charge in [0, 0.05) is 12.5 Å². The number of phenolic OH excluding ortho intramolecular Hbond substituents is 1. The van der Waals surface area contributed by atoms with Gasteiger partial charge in [-0.1, -0.05) is 12.1 Å². The maximum Gasteiger partial charge on any atom is 0.229 e. The van der Waals surface area contributed by atoms with Gasteiger partial charge in [-0.15, -0.1) is 0 Å². The molecule has 9 heteroatoms. The summed E-state index contributed by atoms with van der Waals surface area (Å²) in [5.74, 6) is 0.366. The number of aliphatic hydroxyl groups excluding tert-OH is 4. The molecule has 168 valence electrons. The lowest BCUT2D eigenvalue weighted by Crippen LogP contribution is -2.60. The van der Waals surface area contributed by atoms with E-state index in [1.165, 1.54) is 19.2 Å². The molecule has 3 rings (SSSR count). The number of aryl methyl sites for hydroxylation is 1. The highest BCUT2D eigenvalue weighted by Crippen LogP contribution is 2.30. The van der Waals surface area contributed by atoms with Crippen LogP contribution in [0.5, 0.6) is 17.2 Å². The maximum atomic E-state index is 12.9. The van der Waals surface area contributed by atoms with Crippen LogP contribution in [0.2, 0.25) is 0 Å². The number of aliphatic hydroxyl groups is 4. The van der Waals surface area contributed by atoms with E-state index in [9.17, 15) is 30.3 Å². The van der Waals surface area contributed by atoms with Gasteiger partial charge in [-0.05, 0) is 36.2 Å². The van der Waals surface area contributed by atoms with Crippen LogP contribution in [-0.4, -0.2) is 75.7 Å². The molecule has 1 saturated heterocycles. The number of ketones is 1. The average Bonchev–Trinajstić information content (AvgIpc) is 2.78. The number of carbonyl (C=O) groups is 1. The monoisotopic (exact) mass is 434 g/mol. The summed E-state index contributed by atoms with van der Waals surface area (Å²) in [6.07, 6.45) is -6.70. The molecule has 1 fully saturated rings. The van der Waals surface area contributed by atoms with Crippen LogP contribution in [0.3, 0.4) is 0 Å². The molecule has 0 aromatic heterocycles. The first kappa shape index (κ1) is 23.0. The Morgan fingerprint density at radius 2 is 1.74 bits per heavy atom. The Morgan fingerprint density at radius 3 is 2.39 bits per heavy atom. The Labute approximate surface area is 179 Å². The van der Waals surface area contributed by atoms with Gasteiger partial charge in [-0.2, -0.15) is 0 Å². The van der Waals surface area contributed by atoms with Gasteiger partial charge in [0.25, 0.3) is 0 Å². The van der Waals surface area contributed by atoms with E-state index in [1.807, 2.05) is 0 Å². The zero-order valence-electron chi connectivity index (χ0n) is 16.9. The molecule has 5 N–H and O–H groups in total. The number of Topliss-reactive ketones (excluding diaryl/α,β-unsaturated/α-hetero) is 1. The molecular formula is C22H26O9. The number of hydrogen-bond acceptors (Lipinski definition) is 9. The van der Waals surface area contributed by atoms with Gasteiger partial charge >= 0.3 is 0 Å². The summed E-state index contributed by atoms with van der Waals surface area (Å²) in [6.45, 7) is -0.596. The van der Waals surface area contributed by atoms with Gasteiger partial charge in [0.15, 0.2) is 5.78 Å². The molecule has 1 aliphatic rings. The highest BCUT2D eigenvalue weighted by molar-refractivity contribution is 5.99. The third kappa shape index (κ3) is 5.33. The van der Waals surface area contributed by atoms with Crippen LogP contribution in [0, 0.1) is 0 Å². The number of ether oxygens (including phenoxy) is 3. The number of phenols is 1. The molecule has 1 heterocycles. The highest BCUT2D eigenvalue weighted by atomic mass is 16.7. The minimum absolute atomic E-state index is 0.0689. The van der Waals surface area contributed by atoms with Crippen LogP contribution < -0.4 is 9.47 Å². The third-order valence-corrected chi connectivity index (χ3v) is 5.16. The van der Waals surface area contributed by atoms with Crippen molar-refractivity contribution in [3.63, 3.8) is 0 Å². The van der Waals surface area contributed by atoms with Crippen molar-refractivity contribution in [3.8, 4) is 17.2 Å². The molecule has 0 aliphatic carbocycles. The average molecular weight is 434 g/mol. The highest BCUT2D eigenvalue weighted by Gasteiger charge is 2.45. The Kier molecular flexibility index (Phi) is 7.47. The normalized spacial score (nSPS) is 25.8. The van der Waals surface area contributed by atoms with E-state index in [-0.39, 0.29) is 29.3 Å². The number of hydrogen-bond donors (Lipinski definition) is 5. The lowest BCUT2D eigenvalue weighted by Gasteiger charge is -2.39. The minimum Gasteiger partial charge on any atom is -0.508 e. The van der Waals surface area contributed by atoms with Crippen molar-refractivity contribution < 1.29 is 44.5 Å². The summed E-state index contributed by atoms with van der Waals surface area (Å²) >= 11 is 0. The molecule has 0 saturated carbocycles. The topological polar surface area (TPSA) is 146 Å². The summed E-state index contributed by atoms with van der Waals surface area (Å²) in [6, 6.07) is 11.1. The van der Waals surface area contributed by atoms with E-state index < -0.39 is 37.3 Å². The number of benzene rings is 2. The van der Waals surface area contributed by atoms with E-state index in [0.29, 0.717) is 12.2 Å². The molecule has 5 atom stereocenters. The van der Waals surface area contributed by atoms with Crippen molar-refractivity contribution >= 4 is 5.78 Å². The lowest BCUT2D eigenvalue weighted by molar-refractivity contribution is -0.277. The van der Waals surface area contributed by atoms with E-state index in [0.717, 1.165) is 5.56 Å². The van der Waals surface area contributed by atoms with Crippen LogP contribution in [0.1, 0.15) is 22.3 Å². The number of carbonyl (C=O) groups excluding carboxylic acids is 1. The van der Waals surface area contributed by atoms with Gasteiger partial charge < -0.3 is 39.7 Å². The maximum absolute atomic E-state index is 12.9. The molecule has 0 bridgehead atoms. The van der Waals surface area contributed by atoms with Crippen LogP contribution in [0.4, 0.5) is 0 Å².